The molecule has 0 aliphatic carbocycles. The average Bonchev–Trinajstić information content (AvgIpc) is 3.12. The van der Waals surface area contributed by atoms with Gasteiger partial charge in [0.25, 0.3) is 0 Å². The molecule has 6 heteroatoms. The van der Waals surface area contributed by atoms with Crippen molar-refractivity contribution in [2.75, 3.05) is 59.0 Å². The predicted octanol–water partition coefficient (Wildman–Crippen LogP) is 1.87. The fourth-order valence-electron chi connectivity index (χ4n) is 3.39. The standard InChI is InChI=1S/C18H29N3O2.ClH/c1-2-22-17-3-5-18(6-4-17)23-14-13-20-9-11-21(12-10-20)16-7-8-19-15-16;/h3-6,16,19H,2,7-15H2,1H3;1H. The minimum Gasteiger partial charge on any atom is -0.494 e. The minimum absolute atomic E-state index is 0. The number of rotatable bonds is 7. The Morgan fingerprint density at radius 3 is 2.29 bits per heavy atom. The van der Waals surface area contributed by atoms with Crippen molar-refractivity contribution in [1.82, 2.24) is 15.1 Å². The van der Waals surface area contributed by atoms with Gasteiger partial charge in [-0.25, -0.2) is 0 Å². The lowest BCUT2D eigenvalue weighted by molar-refractivity contribution is 0.0921. The maximum Gasteiger partial charge on any atom is 0.119 e. The highest BCUT2D eigenvalue weighted by Gasteiger charge is 2.25. The molecule has 0 aromatic heterocycles. The second-order valence-corrected chi connectivity index (χ2v) is 6.28. The van der Waals surface area contributed by atoms with E-state index in [0.29, 0.717) is 6.61 Å². The third-order valence-electron chi connectivity index (χ3n) is 4.77. The molecule has 0 amide bonds. The van der Waals surface area contributed by atoms with E-state index in [9.17, 15) is 0 Å². The van der Waals surface area contributed by atoms with E-state index in [2.05, 4.69) is 15.1 Å². The molecule has 1 aromatic rings. The highest BCUT2D eigenvalue weighted by atomic mass is 35.5. The van der Waals surface area contributed by atoms with E-state index in [0.717, 1.165) is 43.8 Å². The Balaban J connectivity index is 0.00000208. The lowest BCUT2D eigenvalue weighted by Crippen LogP contribution is -2.51. The number of benzene rings is 1. The quantitative estimate of drug-likeness (QED) is 0.808. The Hall–Kier alpha value is -1.01. The highest BCUT2D eigenvalue weighted by Crippen LogP contribution is 2.17. The van der Waals surface area contributed by atoms with Crippen LogP contribution in [0.25, 0.3) is 0 Å². The predicted molar refractivity (Wildman–Crippen MR) is 99.6 cm³/mol. The van der Waals surface area contributed by atoms with E-state index in [1.165, 1.54) is 32.6 Å². The summed E-state index contributed by atoms with van der Waals surface area (Å²) in [6, 6.07) is 8.66. The lowest BCUT2D eigenvalue weighted by atomic mass is 10.2. The van der Waals surface area contributed by atoms with Crippen LogP contribution in [0, 0.1) is 0 Å². The van der Waals surface area contributed by atoms with Gasteiger partial charge in [0.2, 0.25) is 0 Å². The Morgan fingerprint density at radius 2 is 1.71 bits per heavy atom. The van der Waals surface area contributed by atoms with Crippen LogP contribution >= 0.6 is 12.4 Å². The molecule has 0 saturated carbocycles. The van der Waals surface area contributed by atoms with Gasteiger partial charge in [0.15, 0.2) is 0 Å². The summed E-state index contributed by atoms with van der Waals surface area (Å²) in [6.07, 6.45) is 1.31. The molecule has 2 fully saturated rings. The first-order valence-electron chi connectivity index (χ1n) is 8.88. The van der Waals surface area contributed by atoms with Crippen LogP contribution in [-0.4, -0.2) is 74.9 Å². The van der Waals surface area contributed by atoms with Crippen molar-refractivity contribution in [1.29, 1.82) is 0 Å². The number of hydrogen-bond acceptors (Lipinski definition) is 5. The number of nitrogens with one attached hydrogen (secondary N) is 1. The van der Waals surface area contributed by atoms with Gasteiger partial charge >= 0.3 is 0 Å². The zero-order chi connectivity index (χ0) is 15.9. The summed E-state index contributed by atoms with van der Waals surface area (Å²) in [5, 5.41) is 3.46. The summed E-state index contributed by atoms with van der Waals surface area (Å²) in [5.41, 5.74) is 0. The SMILES string of the molecule is CCOc1ccc(OCCN2CCN(C3CCNC3)CC2)cc1.Cl. The maximum atomic E-state index is 5.85. The van der Waals surface area contributed by atoms with Crippen molar-refractivity contribution in [2.45, 2.75) is 19.4 Å². The first-order chi connectivity index (χ1) is 11.3. The summed E-state index contributed by atoms with van der Waals surface area (Å²) in [7, 11) is 0. The average molecular weight is 356 g/mol. The zero-order valence-electron chi connectivity index (χ0n) is 14.6. The van der Waals surface area contributed by atoms with Crippen LogP contribution in [-0.2, 0) is 0 Å². The van der Waals surface area contributed by atoms with E-state index in [1.54, 1.807) is 0 Å². The second kappa shape index (κ2) is 10.1. The van der Waals surface area contributed by atoms with Crippen LogP contribution in [0.15, 0.2) is 24.3 Å². The molecule has 1 atom stereocenters. The van der Waals surface area contributed by atoms with Gasteiger partial charge < -0.3 is 14.8 Å². The molecule has 24 heavy (non-hydrogen) atoms. The van der Waals surface area contributed by atoms with Gasteiger partial charge in [0, 0.05) is 45.3 Å². The van der Waals surface area contributed by atoms with E-state index < -0.39 is 0 Å². The summed E-state index contributed by atoms with van der Waals surface area (Å²) in [6.45, 7) is 11.5. The van der Waals surface area contributed by atoms with E-state index in [1.807, 2.05) is 31.2 Å². The van der Waals surface area contributed by atoms with Crippen LogP contribution in [0.2, 0.25) is 0 Å². The fraction of sp³-hybridized carbons (Fsp3) is 0.667. The molecule has 2 heterocycles. The molecule has 1 unspecified atom stereocenters. The van der Waals surface area contributed by atoms with Gasteiger partial charge in [0.05, 0.1) is 6.61 Å². The number of ether oxygens (including phenoxy) is 2. The number of halogens is 1. The van der Waals surface area contributed by atoms with Crippen molar-refractivity contribution in [3.63, 3.8) is 0 Å². The molecule has 0 bridgehead atoms. The molecular formula is C18H30ClN3O2. The number of piperazine rings is 1. The van der Waals surface area contributed by atoms with Gasteiger partial charge in [-0.15, -0.1) is 12.4 Å². The summed E-state index contributed by atoms with van der Waals surface area (Å²) in [5.74, 6) is 1.82. The third kappa shape index (κ3) is 5.52. The van der Waals surface area contributed by atoms with Crippen LogP contribution in [0.3, 0.4) is 0 Å². The van der Waals surface area contributed by atoms with Gasteiger partial charge in [0.1, 0.15) is 18.1 Å². The molecule has 5 nitrogen and oxygen atoms in total. The third-order valence-corrected chi connectivity index (χ3v) is 4.77. The normalized spacial score (nSPS) is 22.1. The Bertz CT molecular complexity index is 458. The van der Waals surface area contributed by atoms with Crippen molar-refractivity contribution < 1.29 is 9.47 Å². The smallest absolute Gasteiger partial charge is 0.119 e. The molecule has 0 spiro atoms. The fourth-order valence-corrected chi connectivity index (χ4v) is 3.39. The van der Waals surface area contributed by atoms with Crippen LogP contribution in [0.5, 0.6) is 11.5 Å². The van der Waals surface area contributed by atoms with Crippen molar-refractivity contribution in [3.8, 4) is 11.5 Å². The molecule has 2 aliphatic rings. The summed E-state index contributed by atoms with van der Waals surface area (Å²) in [4.78, 5) is 5.15. The van der Waals surface area contributed by atoms with Crippen molar-refractivity contribution in [3.05, 3.63) is 24.3 Å². The maximum absolute atomic E-state index is 5.85. The number of nitrogens with zero attached hydrogens (tertiary/aromatic N) is 2. The molecule has 136 valence electrons. The summed E-state index contributed by atoms with van der Waals surface area (Å²) >= 11 is 0. The van der Waals surface area contributed by atoms with E-state index in [4.69, 9.17) is 9.47 Å². The van der Waals surface area contributed by atoms with Gasteiger partial charge in [-0.05, 0) is 44.2 Å². The highest BCUT2D eigenvalue weighted by molar-refractivity contribution is 5.85. The molecular weight excluding hydrogens is 326 g/mol. The molecule has 3 rings (SSSR count). The Kier molecular flexibility index (Phi) is 8.12. The van der Waals surface area contributed by atoms with Crippen molar-refractivity contribution in [2.24, 2.45) is 0 Å². The Morgan fingerprint density at radius 1 is 1.04 bits per heavy atom. The second-order valence-electron chi connectivity index (χ2n) is 6.28. The summed E-state index contributed by atoms with van der Waals surface area (Å²) < 4.78 is 11.3. The van der Waals surface area contributed by atoms with E-state index in [-0.39, 0.29) is 12.4 Å². The first kappa shape index (κ1) is 19.3. The zero-order valence-corrected chi connectivity index (χ0v) is 15.4. The van der Waals surface area contributed by atoms with Crippen LogP contribution in [0.4, 0.5) is 0 Å². The lowest BCUT2D eigenvalue weighted by Gasteiger charge is -2.37. The van der Waals surface area contributed by atoms with Gasteiger partial charge in [-0.1, -0.05) is 0 Å². The first-order valence-corrected chi connectivity index (χ1v) is 8.88. The minimum atomic E-state index is 0. The molecule has 1 N–H and O–H groups in total. The topological polar surface area (TPSA) is 37.0 Å². The Labute approximate surface area is 151 Å². The molecule has 1 aromatic carbocycles. The van der Waals surface area contributed by atoms with Gasteiger partial charge in [-0.3, -0.25) is 9.80 Å². The van der Waals surface area contributed by atoms with Crippen LogP contribution in [0.1, 0.15) is 13.3 Å². The van der Waals surface area contributed by atoms with Gasteiger partial charge in [-0.2, -0.15) is 0 Å². The number of hydrogen-bond donors (Lipinski definition) is 1. The monoisotopic (exact) mass is 355 g/mol. The largest absolute Gasteiger partial charge is 0.494 e. The molecule has 0 radical (unpaired) electrons. The molecule has 2 aliphatic heterocycles. The van der Waals surface area contributed by atoms with Crippen molar-refractivity contribution >= 4 is 12.4 Å². The van der Waals surface area contributed by atoms with E-state index >= 15 is 0 Å². The molecule has 2 saturated heterocycles. The van der Waals surface area contributed by atoms with Crippen LogP contribution < -0.4 is 14.8 Å².